The van der Waals surface area contributed by atoms with Crippen molar-refractivity contribution in [3.63, 3.8) is 0 Å². The van der Waals surface area contributed by atoms with Gasteiger partial charge < -0.3 is 10.2 Å². The fourth-order valence-electron chi connectivity index (χ4n) is 3.08. The number of halogens is 3. The number of aromatic amines is 1. The number of nitrogens with zero attached hydrogens (tertiary/aromatic N) is 3. The van der Waals surface area contributed by atoms with Gasteiger partial charge in [-0.15, -0.1) is 11.3 Å². The van der Waals surface area contributed by atoms with Crippen LogP contribution in [0.2, 0.25) is 0 Å². The van der Waals surface area contributed by atoms with E-state index in [9.17, 15) is 18.0 Å². The average Bonchev–Trinajstić information content (AvgIpc) is 3.41. The van der Waals surface area contributed by atoms with Crippen molar-refractivity contribution in [3.05, 3.63) is 53.2 Å². The minimum atomic E-state index is -4.40. The molecule has 1 fully saturated rings. The number of anilines is 1. The van der Waals surface area contributed by atoms with E-state index in [1.807, 2.05) is 22.4 Å². The molecule has 4 rings (SSSR count). The van der Waals surface area contributed by atoms with E-state index in [0.29, 0.717) is 31.0 Å². The van der Waals surface area contributed by atoms with Crippen LogP contribution in [0.4, 0.5) is 19.0 Å². The first-order valence-corrected chi connectivity index (χ1v) is 9.46. The van der Waals surface area contributed by atoms with Gasteiger partial charge in [0, 0.05) is 25.3 Å². The molecule has 1 aliphatic heterocycles. The van der Waals surface area contributed by atoms with Gasteiger partial charge in [0.15, 0.2) is 5.69 Å². The van der Waals surface area contributed by atoms with Crippen molar-refractivity contribution in [2.75, 3.05) is 18.0 Å². The quantitative estimate of drug-likeness (QED) is 0.694. The molecule has 1 atom stereocenters. The summed E-state index contributed by atoms with van der Waals surface area (Å²) in [5, 5.41) is 11.8. The number of thiophene rings is 1. The second kappa shape index (κ2) is 7.27. The lowest BCUT2D eigenvalue weighted by molar-refractivity contribution is -0.137. The summed E-state index contributed by atoms with van der Waals surface area (Å²) in [5.41, 5.74) is 0.303. The third-order valence-corrected chi connectivity index (χ3v) is 5.42. The van der Waals surface area contributed by atoms with Crippen LogP contribution in [0, 0.1) is 0 Å². The molecule has 4 heterocycles. The topological polar surface area (TPSA) is 73.9 Å². The largest absolute Gasteiger partial charge is 0.417 e. The van der Waals surface area contributed by atoms with Gasteiger partial charge in [-0.05, 0) is 36.1 Å². The monoisotopic (exact) mass is 407 g/mol. The third kappa shape index (κ3) is 3.86. The molecule has 0 spiro atoms. The molecule has 2 N–H and O–H groups in total. The first-order valence-electron chi connectivity index (χ1n) is 8.58. The second-order valence-corrected chi connectivity index (χ2v) is 7.40. The van der Waals surface area contributed by atoms with Crippen molar-refractivity contribution in [2.45, 2.75) is 18.6 Å². The van der Waals surface area contributed by atoms with Crippen molar-refractivity contribution in [2.24, 2.45) is 0 Å². The van der Waals surface area contributed by atoms with Crippen LogP contribution in [0.15, 0.2) is 41.9 Å². The maximum atomic E-state index is 12.6. The maximum absolute atomic E-state index is 12.6. The Balaban J connectivity index is 1.36. The van der Waals surface area contributed by atoms with Crippen LogP contribution in [-0.4, -0.2) is 40.2 Å². The average molecular weight is 407 g/mol. The van der Waals surface area contributed by atoms with E-state index < -0.39 is 11.7 Å². The Hall–Kier alpha value is -2.88. The van der Waals surface area contributed by atoms with E-state index >= 15 is 0 Å². The first-order chi connectivity index (χ1) is 13.4. The molecular formula is C18H16F3N5OS. The summed E-state index contributed by atoms with van der Waals surface area (Å²) >= 11 is 1.55. The molecule has 0 saturated carbocycles. The van der Waals surface area contributed by atoms with Gasteiger partial charge in [0.05, 0.1) is 16.1 Å². The van der Waals surface area contributed by atoms with Gasteiger partial charge in [0.25, 0.3) is 5.91 Å². The number of H-pyrrole nitrogens is 1. The molecule has 0 aliphatic carbocycles. The van der Waals surface area contributed by atoms with Crippen LogP contribution in [0.25, 0.3) is 10.6 Å². The minimum absolute atomic E-state index is 0.126. The number of hydrogen-bond acceptors (Lipinski definition) is 5. The SMILES string of the molecule is O=C(NC1CCN(c2ccc(C(F)(F)F)cn2)C1)c1cc(-c2cccs2)[nH]n1. The Labute approximate surface area is 162 Å². The molecule has 28 heavy (non-hydrogen) atoms. The zero-order chi connectivity index (χ0) is 19.7. The van der Waals surface area contributed by atoms with E-state index in [4.69, 9.17) is 0 Å². The highest BCUT2D eigenvalue weighted by Crippen LogP contribution is 2.30. The van der Waals surface area contributed by atoms with Crippen molar-refractivity contribution >= 4 is 23.1 Å². The Morgan fingerprint density at radius 2 is 2.18 bits per heavy atom. The van der Waals surface area contributed by atoms with Crippen molar-refractivity contribution in [1.29, 1.82) is 0 Å². The summed E-state index contributed by atoms with van der Waals surface area (Å²) in [4.78, 5) is 19.2. The predicted molar refractivity (Wildman–Crippen MR) is 99.2 cm³/mol. The van der Waals surface area contributed by atoms with Gasteiger partial charge in [0.1, 0.15) is 5.82 Å². The standard InChI is InChI=1S/C18H16F3N5OS/c19-18(20,21)11-3-4-16(22-9-11)26-6-5-12(10-26)23-17(27)14-8-13(24-25-14)15-2-1-7-28-15/h1-4,7-9,12H,5-6,10H2,(H,23,27)(H,24,25). The molecule has 6 nitrogen and oxygen atoms in total. The Morgan fingerprint density at radius 1 is 1.32 bits per heavy atom. The number of carbonyl (C=O) groups is 1. The molecular weight excluding hydrogens is 391 g/mol. The number of nitrogens with one attached hydrogen (secondary N) is 2. The molecule has 146 valence electrons. The smallest absolute Gasteiger partial charge is 0.354 e. The number of rotatable bonds is 4. The van der Waals surface area contributed by atoms with Gasteiger partial charge in [-0.2, -0.15) is 18.3 Å². The van der Waals surface area contributed by atoms with Gasteiger partial charge >= 0.3 is 6.18 Å². The Morgan fingerprint density at radius 3 is 2.86 bits per heavy atom. The first kappa shape index (κ1) is 18.5. The third-order valence-electron chi connectivity index (χ3n) is 4.52. The minimum Gasteiger partial charge on any atom is -0.354 e. The van der Waals surface area contributed by atoms with Crippen molar-refractivity contribution in [3.8, 4) is 10.6 Å². The summed E-state index contributed by atoms with van der Waals surface area (Å²) in [6.45, 7) is 1.08. The summed E-state index contributed by atoms with van der Waals surface area (Å²) in [6, 6.07) is 7.80. The molecule has 1 amide bonds. The number of aromatic nitrogens is 3. The number of hydrogen-bond donors (Lipinski definition) is 2. The molecule has 10 heteroatoms. The van der Waals surface area contributed by atoms with Crippen LogP contribution in [0.5, 0.6) is 0 Å². The highest BCUT2D eigenvalue weighted by molar-refractivity contribution is 7.13. The molecule has 3 aromatic heterocycles. The van der Waals surface area contributed by atoms with Crippen LogP contribution < -0.4 is 10.2 Å². The van der Waals surface area contributed by atoms with Crippen LogP contribution in [0.3, 0.4) is 0 Å². The fourth-order valence-corrected chi connectivity index (χ4v) is 3.77. The predicted octanol–water partition coefficient (Wildman–Crippen LogP) is 3.56. The highest BCUT2D eigenvalue weighted by Gasteiger charge is 2.31. The lowest BCUT2D eigenvalue weighted by Gasteiger charge is -2.18. The summed E-state index contributed by atoms with van der Waals surface area (Å²) in [7, 11) is 0. The van der Waals surface area contributed by atoms with Gasteiger partial charge in [0.2, 0.25) is 0 Å². The van der Waals surface area contributed by atoms with Crippen LogP contribution in [-0.2, 0) is 6.18 Å². The number of alkyl halides is 3. The molecule has 1 aliphatic rings. The molecule has 3 aromatic rings. The van der Waals surface area contributed by atoms with Gasteiger partial charge in [-0.25, -0.2) is 4.98 Å². The lowest BCUT2D eigenvalue weighted by atomic mass is 10.2. The van der Waals surface area contributed by atoms with E-state index in [2.05, 4.69) is 20.5 Å². The normalized spacial score (nSPS) is 17.1. The van der Waals surface area contributed by atoms with Crippen molar-refractivity contribution < 1.29 is 18.0 Å². The van der Waals surface area contributed by atoms with E-state index in [1.54, 1.807) is 17.4 Å². The van der Waals surface area contributed by atoms with Gasteiger partial charge in [-0.1, -0.05) is 6.07 Å². The highest BCUT2D eigenvalue weighted by atomic mass is 32.1. The van der Waals surface area contributed by atoms with Gasteiger partial charge in [-0.3, -0.25) is 9.89 Å². The maximum Gasteiger partial charge on any atom is 0.417 e. The van der Waals surface area contributed by atoms with E-state index in [-0.39, 0.29) is 11.9 Å². The Kier molecular flexibility index (Phi) is 4.80. The summed E-state index contributed by atoms with van der Waals surface area (Å²) in [5.74, 6) is 0.177. The summed E-state index contributed by atoms with van der Waals surface area (Å²) < 4.78 is 37.9. The Bertz CT molecular complexity index is 953. The zero-order valence-corrected chi connectivity index (χ0v) is 15.3. The zero-order valence-electron chi connectivity index (χ0n) is 14.5. The lowest BCUT2D eigenvalue weighted by Crippen LogP contribution is -2.37. The molecule has 0 radical (unpaired) electrons. The summed E-state index contributed by atoms with van der Waals surface area (Å²) in [6.07, 6.45) is -2.90. The molecule has 0 bridgehead atoms. The van der Waals surface area contributed by atoms with E-state index in [1.165, 1.54) is 6.07 Å². The molecule has 1 saturated heterocycles. The fraction of sp³-hybridized carbons (Fsp3) is 0.278. The number of pyridine rings is 1. The van der Waals surface area contributed by atoms with E-state index in [0.717, 1.165) is 22.8 Å². The number of carbonyl (C=O) groups excluding carboxylic acids is 1. The molecule has 1 unspecified atom stereocenters. The second-order valence-electron chi connectivity index (χ2n) is 6.45. The number of amides is 1. The van der Waals surface area contributed by atoms with Crippen molar-refractivity contribution in [1.82, 2.24) is 20.5 Å². The van der Waals surface area contributed by atoms with Crippen LogP contribution >= 0.6 is 11.3 Å². The van der Waals surface area contributed by atoms with Crippen LogP contribution in [0.1, 0.15) is 22.5 Å². The molecule has 0 aromatic carbocycles.